The van der Waals surface area contributed by atoms with E-state index >= 15 is 0 Å². The van der Waals surface area contributed by atoms with E-state index in [9.17, 15) is 5.11 Å². The van der Waals surface area contributed by atoms with Crippen molar-refractivity contribution in [1.82, 2.24) is 0 Å². The predicted octanol–water partition coefficient (Wildman–Crippen LogP) is 3.00. The molecule has 1 aromatic carbocycles. The largest absolute Gasteiger partial charge is 0.508 e. The van der Waals surface area contributed by atoms with Crippen molar-refractivity contribution in [2.24, 2.45) is 4.99 Å². The molecular formula is C11H14ClNOS. The number of nitrogens with zero attached hydrogens (tertiary/aromatic N) is 1. The lowest BCUT2D eigenvalue weighted by atomic mass is 10.1. The molecule has 0 radical (unpaired) electrons. The van der Waals surface area contributed by atoms with Crippen molar-refractivity contribution < 1.29 is 5.11 Å². The lowest BCUT2D eigenvalue weighted by molar-refractivity contribution is 0.475. The summed E-state index contributed by atoms with van der Waals surface area (Å²) in [6.45, 7) is 5.08. The Kier molecular flexibility index (Phi) is 4.05. The third-order valence-corrected chi connectivity index (χ3v) is 3.37. The summed E-state index contributed by atoms with van der Waals surface area (Å²) >= 11 is 1.81. The lowest BCUT2D eigenvalue weighted by Crippen LogP contribution is -1.97. The van der Waals surface area contributed by atoms with Crippen LogP contribution in [-0.4, -0.2) is 21.9 Å². The average molecular weight is 244 g/mol. The van der Waals surface area contributed by atoms with E-state index < -0.39 is 0 Å². The van der Waals surface area contributed by atoms with E-state index in [1.807, 2.05) is 24.8 Å². The Bertz CT molecular complexity index is 392. The van der Waals surface area contributed by atoms with Gasteiger partial charge in [-0.2, -0.15) is 0 Å². The van der Waals surface area contributed by atoms with Crippen LogP contribution < -0.4 is 0 Å². The van der Waals surface area contributed by atoms with Gasteiger partial charge in [0.1, 0.15) is 5.75 Å². The second kappa shape index (κ2) is 4.90. The van der Waals surface area contributed by atoms with Gasteiger partial charge in [-0.25, -0.2) is 0 Å². The first-order valence-electron chi connectivity index (χ1n) is 4.68. The molecule has 0 saturated carbocycles. The molecule has 1 aromatic rings. The number of aryl methyl sites for hydroxylation is 1. The topological polar surface area (TPSA) is 32.6 Å². The van der Waals surface area contributed by atoms with Crippen molar-refractivity contribution in [1.29, 1.82) is 0 Å². The Morgan fingerprint density at radius 1 is 1.47 bits per heavy atom. The van der Waals surface area contributed by atoms with Crippen molar-refractivity contribution in [3.63, 3.8) is 0 Å². The fourth-order valence-corrected chi connectivity index (χ4v) is 2.55. The van der Waals surface area contributed by atoms with Crippen molar-refractivity contribution in [3.05, 3.63) is 29.3 Å². The van der Waals surface area contributed by atoms with E-state index in [0.29, 0.717) is 11.0 Å². The Morgan fingerprint density at radius 3 is 2.73 bits per heavy atom. The third-order valence-electron chi connectivity index (χ3n) is 2.25. The molecule has 4 heteroatoms. The third kappa shape index (κ3) is 2.67. The number of thioether (sulfide) groups is 1. The molecule has 0 fully saturated rings. The Balaban J connectivity index is 0.00000112. The summed E-state index contributed by atoms with van der Waals surface area (Å²) in [4.78, 5) is 4.48. The van der Waals surface area contributed by atoms with Crippen molar-refractivity contribution >= 4 is 29.2 Å². The summed E-state index contributed by atoms with van der Waals surface area (Å²) in [6, 6.07) is 5.43. The van der Waals surface area contributed by atoms with Crippen molar-refractivity contribution in [2.45, 2.75) is 19.1 Å². The van der Waals surface area contributed by atoms with Gasteiger partial charge >= 0.3 is 0 Å². The molecule has 82 valence electrons. The van der Waals surface area contributed by atoms with Crippen molar-refractivity contribution in [2.75, 3.05) is 6.54 Å². The molecule has 1 aliphatic heterocycles. The van der Waals surface area contributed by atoms with Crippen LogP contribution >= 0.6 is 24.2 Å². The number of phenols is 1. The van der Waals surface area contributed by atoms with Gasteiger partial charge in [-0.15, -0.1) is 24.2 Å². The predicted molar refractivity (Wildman–Crippen MR) is 68.5 cm³/mol. The molecule has 2 nitrogen and oxygen atoms in total. The van der Waals surface area contributed by atoms with Crippen LogP contribution in [0.2, 0.25) is 0 Å². The van der Waals surface area contributed by atoms with E-state index in [1.54, 1.807) is 12.1 Å². The molecule has 0 aromatic heterocycles. The van der Waals surface area contributed by atoms with E-state index in [2.05, 4.69) is 11.9 Å². The molecule has 0 saturated heterocycles. The van der Waals surface area contributed by atoms with Gasteiger partial charge in [0.25, 0.3) is 0 Å². The van der Waals surface area contributed by atoms with Crippen molar-refractivity contribution in [3.8, 4) is 5.75 Å². The van der Waals surface area contributed by atoms with Gasteiger partial charge in [0.2, 0.25) is 0 Å². The van der Waals surface area contributed by atoms with Crippen LogP contribution in [0.5, 0.6) is 5.75 Å². The van der Waals surface area contributed by atoms with E-state index in [1.165, 1.54) is 0 Å². The molecule has 1 N–H and O–H groups in total. The fraction of sp³-hybridized carbons (Fsp3) is 0.364. The van der Waals surface area contributed by atoms with E-state index in [4.69, 9.17) is 0 Å². The number of aliphatic imine (C=N–C) groups is 1. The van der Waals surface area contributed by atoms with Crippen LogP contribution in [0.4, 0.5) is 0 Å². The summed E-state index contributed by atoms with van der Waals surface area (Å²) in [7, 11) is 0. The number of hydrogen-bond acceptors (Lipinski definition) is 3. The molecule has 0 aliphatic carbocycles. The number of hydrogen-bond donors (Lipinski definition) is 1. The molecule has 0 amide bonds. The molecule has 0 bridgehead atoms. The summed E-state index contributed by atoms with van der Waals surface area (Å²) in [5.41, 5.74) is 2.24. The fourth-order valence-electron chi connectivity index (χ4n) is 1.51. The molecule has 0 spiro atoms. The number of aromatic hydroxyl groups is 1. The summed E-state index contributed by atoms with van der Waals surface area (Å²) in [6.07, 6.45) is 0. The molecular weight excluding hydrogens is 230 g/mol. The Hall–Kier alpha value is -0.670. The van der Waals surface area contributed by atoms with Crippen LogP contribution in [0.15, 0.2) is 23.2 Å². The Morgan fingerprint density at radius 2 is 2.20 bits per heavy atom. The van der Waals surface area contributed by atoms with Crippen LogP contribution in [0.25, 0.3) is 0 Å². The zero-order valence-corrected chi connectivity index (χ0v) is 10.4. The molecule has 1 unspecified atom stereocenters. The van der Waals surface area contributed by atoms with Crippen LogP contribution in [0.1, 0.15) is 18.1 Å². The highest BCUT2D eigenvalue weighted by Gasteiger charge is 2.17. The lowest BCUT2D eigenvalue weighted by Gasteiger charge is -2.05. The van der Waals surface area contributed by atoms with Crippen LogP contribution in [-0.2, 0) is 0 Å². The number of benzene rings is 1. The maximum atomic E-state index is 9.29. The van der Waals surface area contributed by atoms with Gasteiger partial charge in [-0.3, -0.25) is 4.99 Å². The summed E-state index contributed by atoms with van der Waals surface area (Å²) < 4.78 is 0. The Labute approximate surface area is 100 Å². The van der Waals surface area contributed by atoms with Gasteiger partial charge in [0, 0.05) is 10.8 Å². The minimum absolute atomic E-state index is 0. The zero-order chi connectivity index (χ0) is 10.1. The number of halogens is 1. The number of phenolic OH excluding ortho intramolecular Hbond substituents is 1. The first-order chi connectivity index (χ1) is 6.66. The molecule has 2 rings (SSSR count). The molecule has 1 atom stereocenters. The maximum Gasteiger partial charge on any atom is 0.115 e. The second-order valence-corrected chi connectivity index (χ2v) is 5.00. The molecule has 1 heterocycles. The van der Waals surface area contributed by atoms with E-state index in [-0.39, 0.29) is 12.4 Å². The smallest absolute Gasteiger partial charge is 0.115 e. The van der Waals surface area contributed by atoms with Gasteiger partial charge in [-0.1, -0.05) is 6.92 Å². The quantitative estimate of drug-likeness (QED) is 0.823. The van der Waals surface area contributed by atoms with Gasteiger partial charge < -0.3 is 5.11 Å². The minimum Gasteiger partial charge on any atom is -0.508 e. The highest BCUT2D eigenvalue weighted by Crippen LogP contribution is 2.28. The average Bonchev–Trinajstić information content (AvgIpc) is 2.51. The first-order valence-corrected chi connectivity index (χ1v) is 5.56. The SMILES string of the molecule is Cc1cc(O)ccc1C1=NCC(C)S1.Cl. The highest BCUT2D eigenvalue weighted by atomic mass is 35.5. The summed E-state index contributed by atoms with van der Waals surface area (Å²) in [5, 5.41) is 11.0. The van der Waals surface area contributed by atoms with Crippen LogP contribution in [0, 0.1) is 6.92 Å². The van der Waals surface area contributed by atoms with Gasteiger partial charge in [-0.05, 0) is 30.7 Å². The highest BCUT2D eigenvalue weighted by molar-refractivity contribution is 8.15. The monoisotopic (exact) mass is 243 g/mol. The van der Waals surface area contributed by atoms with Gasteiger partial charge in [0.15, 0.2) is 0 Å². The minimum atomic E-state index is 0. The molecule has 15 heavy (non-hydrogen) atoms. The summed E-state index contributed by atoms with van der Waals surface area (Å²) in [5.74, 6) is 0.322. The zero-order valence-electron chi connectivity index (χ0n) is 8.73. The van der Waals surface area contributed by atoms with Gasteiger partial charge in [0.05, 0.1) is 11.6 Å². The van der Waals surface area contributed by atoms with Crippen LogP contribution in [0.3, 0.4) is 0 Å². The first kappa shape index (κ1) is 12.4. The maximum absolute atomic E-state index is 9.29. The van der Waals surface area contributed by atoms with E-state index in [0.717, 1.165) is 22.7 Å². The molecule has 1 aliphatic rings. The second-order valence-electron chi connectivity index (χ2n) is 3.57. The standard InChI is InChI=1S/C11H13NOS.ClH/c1-7-5-9(13)3-4-10(7)11-12-6-8(2)14-11;/h3-5,8,13H,6H2,1-2H3;1H. The number of rotatable bonds is 1. The normalized spacial score (nSPS) is 19.6.